The Morgan fingerprint density at radius 1 is 0.962 bits per heavy atom. The molecule has 1 saturated carbocycles. The maximum absolute atomic E-state index is 13.8. The van der Waals surface area contributed by atoms with Crippen LogP contribution in [0.5, 0.6) is 11.5 Å². The first-order chi connectivity index (χ1) is 25.3. The molecular formula is C37H42N4O10S. The van der Waals surface area contributed by atoms with E-state index in [1.165, 1.54) is 27.9 Å². The summed E-state index contributed by atoms with van der Waals surface area (Å²) in [6.07, 6.45) is 10.6. The minimum Gasteiger partial charge on any atom is -0.487 e. The topological polar surface area (TPSA) is 156 Å². The fraction of sp³-hybridized carbons (Fsp3) is 0.459. The van der Waals surface area contributed by atoms with Gasteiger partial charge in [0.25, 0.3) is 0 Å². The second kappa shape index (κ2) is 18.5. The molecule has 0 radical (unpaired) electrons. The van der Waals surface area contributed by atoms with E-state index in [4.69, 9.17) is 34.8 Å². The lowest BCUT2D eigenvalue weighted by atomic mass is 9.82. The first-order valence-electron chi connectivity index (χ1n) is 16.9. The number of amides is 3. The number of fused-ring (bicyclic) bond motifs is 1. The SMILES string of the molecule is C#Cc1cccc(N(C(=O)OCOC(=O)C2CCC(CN3C(=O)CC(SC)C3=O)CC2)c2ncnc3cc(OCCOC)c(OCCOC)cc23)c1. The summed E-state index contributed by atoms with van der Waals surface area (Å²) in [5.74, 6) is 2.46. The van der Waals surface area contributed by atoms with E-state index in [0.717, 1.165) is 0 Å². The van der Waals surface area contributed by atoms with Gasteiger partial charge in [-0.15, -0.1) is 6.42 Å². The molecule has 1 aliphatic heterocycles. The van der Waals surface area contributed by atoms with Gasteiger partial charge in [-0.2, -0.15) is 11.8 Å². The van der Waals surface area contributed by atoms with Crippen LogP contribution in [0.3, 0.4) is 0 Å². The van der Waals surface area contributed by atoms with Crippen LogP contribution >= 0.6 is 11.8 Å². The highest BCUT2D eigenvalue weighted by molar-refractivity contribution is 8.00. The van der Waals surface area contributed by atoms with Gasteiger partial charge in [0.15, 0.2) is 17.3 Å². The molecule has 3 amide bonds. The van der Waals surface area contributed by atoms with Crippen molar-refractivity contribution in [1.29, 1.82) is 0 Å². The van der Waals surface area contributed by atoms with E-state index < -0.39 is 24.8 Å². The Kier molecular flexibility index (Phi) is 13.7. The van der Waals surface area contributed by atoms with Crippen LogP contribution in [0.4, 0.5) is 16.3 Å². The van der Waals surface area contributed by atoms with Gasteiger partial charge in [0.1, 0.15) is 19.5 Å². The number of rotatable bonds is 16. The number of terminal acetylenes is 1. The molecule has 2 heterocycles. The zero-order valence-electron chi connectivity index (χ0n) is 29.4. The molecule has 276 valence electrons. The average Bonchev–Trinajstić information content (AvgIpc) is 3.43. The van der Waals surface area contributed by atoms with Crippen molar-refractivity contribution in [2.45, 2.75) is 37.4 Å². The van der Waals surface area contributed by atoms with Crippen molar-refractivity contribution in [2.75, 3.05) is 65.1 Å². The predicted molar refractivity (Wildman–Crippen MR) is 192 cm³/mol. The molecule has 1 saturated heterocycles. The first-order valence-corrected chi connectivity index (χ1v) is 18.2. The van der Waals surface area contributed by atoms with Crippen molar-refractivity contribution in [3.05, 3.63) is 48.3 Å². The molecule has 1 unspecified atom stereocenters. The Morgan fingerprint density at radius 2 is 1.67 bits per heavy atom. The lowest BCUT2D eigenvalue weighted by molar-refractivity contribution is -0.158. The number of hydrogen-bond acceptors (Lipinski definition) is 13. The Balaban J connectivity index is 1.29. The highest BCUT2D eigenvalue weighted by atomic mass is 32.2. The van der Waals surface area contributed by atoms with E-state index >= 15 is 0 Å². The first kappa shape index (κ1) is 38.3. The number of carbonyl (C=O) groups excluding carboxylic acids is 4. The van der Waals surface area contributed by atoms with E-state index in [2.05, 4.69) is 15.9 Å². The third kappa shape index (κ3) is 9.30. The molecular weight excluding hydrogens is 692 g/mol. The zero-order chi connectivity index (χ0) is 37.0. The van der Waals surface area contributed by atoms with Crippen LogP contribution < -0.4 is 14.4 Å². The van der Waals surface area contributed by atoms with Crippen molar-refractivity contribution < 1.29 is 47.6 Å². The summed E-state index contributed by atoms with van der Waals surface area (Å²) in [6.45, 7) is 0.892. The molecule has 5 rings (SSSR count). The molecule has 0 bridgehead atoms. The number of imide groups is 1. The Morgan fingerprint density at radius 3 is 2.33 bits per heavy atom. The van der Waals surface area contributed by atoms with Gasteiger partial charge in [0.05, 0.1) is 35.6 Å². The molecule has 0 N–H and O–H groups in total. The molecule has 0 spiro atoms. The summed E-state index contributed by atoms with van der Waals surface area (Å²) in [5.41, 5.74) is 1.31. The molecule has 3 aromatic rings. The average molecular weight is 735 g/mol. The number of hydrogen-bond donors (Lipinski definition) is 0. The third-order valence-electron chi connectivity index (χ3n) is 8.93. The van der Waals surface area contributed by atoms with Crippen molar-refractivity contribution in [1.82, 2.24) is 14.9 Å². The highest BCUT2D eigenvalue weighted by Gasteiger charge is 2.40. The summed E-state index contributed by atoms with van der Waals surface area (Å²) < 4.78 is 33.1. The van der Waals surface area contributed by atoms with Gasteiger partial charge in [0.2, 0.25) is 18.6 Å². The van der Waals surface area contributed by atoms with E-state index in [9.17, 15) is 19.2 Å². The molecule has 15 heteroatoms. The molecule has 14 nitrogen and oxygen atoms in total. The fourth-order valence-corrected chi connectivity index (χ4v) is 6.80. The van der Waals surface area contributed by atoms with Crippen molar-refractivity contribution >= 4 is 58.0 Å². The summed E-state index contributed by atoms with van der Waals surface area (Å²) in [4.78, 5) is 63.2. The lowest BCUT2D eigenvalue weighted by Gasteiger charge is -2.29. The number of esters is 1. The third-order valence-corrected chi connectivity index (χ3v) is 9.86. The number of thioether (sulfide) groups is 1. The van der Waals surface area contributed by atoms with E-state index in [1.54, 1.807) is 50.6 Å². The van der Waals surface area contributed by atoms with E-state index in [-0.39, 0.29) is 48.4 Å². The van der Waals surface area contributed by atoms with Crippen LogP contribution in [-0.2, 0) is 33.3 Å². The summed E-state index contributed by atoms with van der Waals surface area (Å²) in [6, 6.07) is 10.1. The van der Waals surface area contributed by atoms with E-state index in [1.807, 2.05) is 6.26 Å². The van der Waals surface area contributed by atoms with Gasteiger partial charge in [-0.1, -0.05) is 12.0 Å². The highest BCUT2D eigenvalue weighted by Crippen LogP contribution is 2.38. The maximum atomic E-state index is 13.8. The minimum absolute atomic E-state index is 0.115. The van der Waals surface area contributed by atoms with Crippen molar-refractivity contribution in [3.8, 4) is 23.8 Å². The number of nitrogens with zero attached hydrogens (tertiary/aromatic N) is 4. The largest absolute Gasteiger partial charge is 0.487 e. The van der Waals surface area contributed by atoms with Gasteiger partial charge in [-0.05, 0) is 62.1 Å². The van der Waals surface area contributed by atoms with Crippen molar-refractivity contribution in [2.24, 2.45) is 11.8 Å². The maximum Gasteiger partial charge on any atom is 0.423 e. The Bertz CT molecular complexity index is 1790. The van der Waals surface area contributed by atoms with Crippen LogP contribution in [0.15, 0.2) is 42.7 Å². The molecule has 1 atom stereocenters. The van der Waals surface area contributed by atoms with Gasteiger partial charge in [0, 0.05) is 44.2 Å². The van der Waals surface area contributed by atoms with Crippen LogP contribution in [0.25, 0.3) is 10.9 Å². The standard InChI is InChI=1S/C37H42N4O10S/c1-5-24-7-6-8-27(17-24)41(34-28-18-30(48-15-13-46-2)31(49-16-14-47-3)19-29(28)38-22-39-34)37(45)51-23-50-36(44)26-11-9-25(10-12-26)21-40-33(42)20-32(52-4)35(40)43/h1,6-8,17-19,22,25-26,32H,9-16,20-21,23H2,2-4H3. The van der Waals surface area contributed by atoms with Gasteiger partial charge in [-0.25, -0.2) is 19.7 Å². The van der Waals surface area contributed by atoms with E-state index in [0.29, 0.717) is 79.1 Å². The Hall–Kier alpha value is -4.91. The van der Waals surface area contributed by atoms with Crippen LogP contribution in [0, 0.1) is 24.2 Å². The number of benzene rings is 2. The van der Waals surface area contributed by atoms with Crippen molar-refractivity contribution in [3.63, 3.8) is 0 Å². The second-order valence-corrected chi connectivity index (χ2v) is 13.2. The lowest BCUT2D eigenvalue weighted by Crippen LogP contribution is -2.37. The number of aromatic nitrogens is 2. The predicted octanol–water partition coefficient (Wildman–Crippen LogP) is 4.73. The smallest absolute Gasteiger partial charge is 0.423 e. The molecule has 2 fully saturated rings. The fourth-order valence-electron chi connectivity index (χ4n) is 6.16. The second-order valence-electron chi connectivity index (χ2n) is 12.2. The van der Waals surface area contributed by atoms with Crippen LogP contribution in [0.1, 0.15) is 37.7 Å². The summed E-state index contributed by atoms with van der Waals surface area (Å²) in [7, 11) is 3.13. The van der Waals surface area contributed by atoms with Crippen LogP contribution in [-0.4, -0.2) is 104 Å². The Labute approximate surface area is 306 Å². The van der Waals surface area contributed by atoms with Gasteiger partial charge < -0.3 is 28.4 Å². The normalized spacial score (nSPS) is 18.6. The number of carbonyl (C=O) groups is 4. The number of likely N-dealkylation sites (tertiary alicyclic amines) is 1. The minimum atomic E-state index is -0.878. The van der Waals surface area contributed by atoms with Crippen LogP contribution in [0.2, 0.25) is 0 Å². The molecule has 2 aliphatic rings. The number of anilines is 2. The molecule has 1 aliphatic carbocycles. The van der Waals surface area contributed by atoms with Gasteiger partial charge in [-0.3, -0.25) is 19.3 Å². The number of ether oxygens (including phenoxy) is 6. The summed E-state index contributed by atoms with van der Waals surface area (Å²) in [5, 5.41) is 0.121. The molecule has 2 aromatic carbocycles. The number of methoxy groups -OCH3 is 2. The van der Waals surface area contributed by atoms with Gasteiger partial charge >= 0.3 is 12.1 Å². The zero-order valence-corrected chi connectivity index (χ0v) is 30.2. The molecule has 52 heavy (non-hydrogen) atoms. The summed E-state index contributed by atoms with van der Waals surface area (Å²) >= 11 is 1.39. The molecule has 1 aromatic heterocycles. The monoisotopic (exact) mass is 734 g/mol. The quantitative estimate of drug-likeness (QED) is 0.0655.